The van der Waals surface area contributed by atoms with Gasteiger partial charge in [-0.25, -0.2) is 0 Å². The molecule has 4 N–H and O–H groups in total. The van der Waals surface area contributed by atoms with Gasteiger partial charge in [0, 0.05) is 17.7 Å². The molecule has 0 atom stereocenters. The summed E-state index contributed by atoms with van der Waals surface area (Å²) in [5.74, 6) is -1.77. The third-order valence-electron chi connectivity index (χ3n) is 3.23. The van der Waals surface area contributed by atoms with Gasteiger partial charge in [0.05, 0.1) is 6.54 Å². The summed E-state index contributed by atoms with van der Waals surface area (Å²) in [6.45, 7) is 3.45. The monoisotopic (exact) mass is 349 g/mol. The van der Waals surface area contributed by atoms with Crippen LogP contribution in [0.1, 0.15) is 37.0 Å². The number of amides is 3. The number of carbonyl (C=O) groups is 4. The average molecular weight is 349 g/mol. The lowest BCUT2D eigenvalue weighted by molar-refractivity contribution is -0.135. The Hall–Kier alpha value is -2.90. The van der Waals surface area contributed by atoms with E-state index in [9.17, 15) is 19.2 Å². The fourth-order valence-electron chi connectivity index (χ4n) is 1.86. The molecule has 136 valence electrons. The molecular weight excluding hydrogens is 326 g/mol. The van der Waals surface area contributed by atoms with Crippen LogP contribution in [0, 0.1) is 5.92 Å². The van der Waals surface area contributed by atoms with Crippen molar-refractivity contribution < 1.29 is 24.3 Å². The van der Waals surface area contributed by atoms with Gasteiger partial charge in [0.25, 0.3) is 5.91 Å². The smallest absolute Gasteiger partial charge is 0.322 e. The van der Waals surface area contributed by atoms with Gasteiger partial charge < -0.3 is 21.1 Å². The van der Waals surface area contributed by atoms with Crippen molar-refractivity contribution in [2.45, 2.75) is 26.7 Å². The fraction of sp³-hybridized carbons (Fsp3) is 0.412. The number of benzene rings is 1. The van der Waals surface area contributed by atoms with Crippen LogP contribution in [-0.2, 0) is 14.4 Å². The Balaban J connectivity index is 2.41. The third kappa shape index (κ3) is 8.50. The first-order chi connectivity index (χ1) is 11.8. The molecule has 0 aliphatic carbocycles. The van der Waals surface area contributed by atoms with Crippen LogP contribution in [0.25, 0.3) is 0 Å². The van der Waals surface area contributed by atoms with E-state index in [1.165, 1.54) is 24.3 Å². The van der Waals surface area contributed by atoms with E-state index in [1.54, 1.807) is 0 Å². The lowest BCUT2D eigenvalue weighted by atomic mass is 10.1. The van der Waals surface area contributed by atoms with Crippen LogP contribution < -0.4 is 16.0 Å². The highest BCUT2D eigenvalue weighted by atomic mass is 16.4. The lowest BCUT2D eigenvalue weighted by Gasteiger charge is -2.08. The van der Waals surface area contributed by atoms with E-state index >= 15 is 0 Å². The van der Waals surface area contributed by atoms with E-state index in [1.807, 2.05) is 13.8 Å². The van der Waals surface area contributed by atoms with E-state index in [2.05, 4.69) is 16.0 Å². The summed E-state index contributed by atoms with van der Waals surface area (Å²) in [5.41, 5.74) is 0.748. The van der Waals surface area contributed by atoms with Gasteiger partial charge in [0.1, 0.15) is 6.54 Å². The van der Waals surface area contributed by atoms with Gasteiger partial charge in [-0.3, -0.25) is 19.2 Å². The first kappa shape index (κ1) is 20.1. The number of carboxylic acid groups (broad SMARTS) is 1. The lowest BCUT2D eigenvalue weighted by Crippen LogP contribution is -2.32. The number of hydrogen-bond acceptors (Lipinski definition) is 4. The van der Waals surface area contributed by atoms with Crippen molar-refractivity contribution in [3.8, 4) is 0 Å². The molecule has 0 aromatic heterocycles. The van der Waals surface area contributed by atoms with Gasteiger partial charge in [0.2, 0.25) is 11.8 Å². The maximum atomic E-state index is 11.8. The van der Waals surface area contributed by atoms with Crippen LogP contribution in [0.15, 0.2) is 24.3 Å². The maximum Gasteiger partial charge on any atom is 0.322 e. The molecule has 0 fully saturated rings. The molecule has 8 nitrogen and oxygen atoms in total. The standard InChI is InChI=1S/C17H23N3O5/c1-11(2)3-8-14(21)18-9-15(22)20-13-6-4-12(5-7-13)17(25)19-10-16(23)24/h4-7,11H,3,8-10H2,1-2H3,(H,18,21)(H,19,25)(H,20,22)(H,23,24). The summed E-state index contributed by atoms with van der Waals surface area (Å²) in [4.78, 5) is 45.4. The van der Waals surface area contributed by atoms with Gasteiger partial charge in [-0.1, -0.05) is 13.8 Å². The van der Waals surface area contributed by atoms with Crippen molar-refractivity contribution in [3.05, 3.63) is 29.8 Å². The van der Waals surface area contributed by atoms with Crippen LogP contribution in [0.5, 0.6) is 0 Å². The Morgan fingerprint density at radius 3 is 2.16 bits per heavy atom. The topological polar surface area (TPSA) is 125 Å². The van der Waals surface area contributed by atoms with Crippen molar-refractivity contribution in [1.29, 1.82) is 0 Å². The highest BCUT2D eigenvalue weighted by Gasteiger charge is 2.09. The molecule has 0 aliphatic rings. The Bertz CT molecular complexity index is 626. The van der Waals surface area contributed by atoms with E-state index in [0.717, 1.165) is 6.42 Å². The van der Waals surface area contributed by atoms with Crippen molar-refractivity contribution in [3.63, 3.8) is 0 Å². The summed E-state index contributed by atoms with van der Waals surface area (Å²) in [7, 11) is 0. The minimum atomic E-state index is -1.13. The molecule has 1 rings (SSSR count). The molecular formula is C17H23N3O5. The number of aliphatic carboxylic acids is 1. The highest BCUT2D eigenvalue weighted by molar-refractivity contribution is 5.97. The fourth-order valence-corrected chi connectivity index (χ4v) is 1.86. The van der Waals surface area contributed by atoms with Crippen LogP contribution >= 0.6 is 0 Å². The molecule has 0 saturated carbocycles. The Kier molecular flexibility index (Phi) is 8.11. The van der Waals surface area contributed by atoms with Crippen molar-refractivity contribution in [2.24, 2.45) is 5.92 Å². The Labute approximate surface area is 146 Å². The molecule has 0 bridgehead atoms. The van der Waals surface area contributed by atoms with Gasteiger partial charge in [-0.05, 0) is 36.6 Å². The maximum absolute atomic E-state index is 11.8. The molecule has 0 aliphatic heterocycles. The molecule has 0 spiro atoms. The first-order valence-corrected chi connectivity index (χ1v) is 7.94. The van der Waals surface area contributed by atoms with Crippen LogP contribution in [0.4, 0.5) is 5.69 Å². The van der Waals surface area contributed by atoms with Gasteiger partial charge in [-0.2, -0.15) is 0 Å². The second-order valence-electron chi connectivity index (χ2n) is 5.91. The Morgan fingerprint density at radius 1 is 0.960 bits per heavy atom. The zero-order valence-electron chi connectivity index (χ0n) is 14.3. The van der Waals surface area contributed by atoms with Crippen molar-refractivity contribution in [1.82, 2.24) is 10.6 Å². The van der Waals surface area contributed by atoms with E-state index in [-0.39, 0.29) is 23.9 Å². The largest absolute Gasteiger partial charge is 0.480 e. The second-order valence-corrected chi connectivity index (χ2v) is 5.91. The SMILES string of the molecule is CC(C)CCC(=O)NCC(=O)Nc1ccc(C(=O)NCC(=O)O)cc1. The normalized spacial score (nSPS) is 10.2. The van der Waals surface area contributed by atoms with Crippen molar-refractivity contribution >= 4 is 29.4 Å². The van der Waals surface area contributed by atoms with E-state index in [0.29, 0.717) is 18.0 Å². The summed E-state index contributed by atoms with van der Waals surface area (Å²) in [5, 5.41) is 15.9. The average Bonchev–Trinajstić information content (AvgIpc) is 2.56. The van der Waals surface area contributed by atoms with Crippen LogP contribution in [0.3, 0.4) is 0 Å². The molecule has 1 aromatic carbocycles. The molecule has 1 aromatic rings. The number of carboxylic acids is 1. The molecule has 0 radical (unpaired) electrons. The predicted molar refractivity (Wildman–Crippen MR) is 92.1 cm³/mol. The van der Waals surface area contributed by atoms with Crippen LogP contribution in [-0.4, -0.2) is 41.9 Å². The minimum Gasteiger partial charge on any atom is -0.480 e. The summed E-state index contributed by atoms with van der Waals surface area (Å²) in [6, 6.07) is 5.98. The highest BCUT2D eigenvalue weighted by Crippen LogP contribution is 2.09. The van der Waals surface area contributed by atoms with Gasteiger partial charge in [-0.15, -0.1) is 0 Å². The molecule has 25 heavy (non-hydrogen) atoms. The molecule has 0 heterocycles. The number of nitrogens with one attached hydrogen (secondary N) is 3. The van der Waals surface area contributed by atoms with Gasteiger partial charge in [0.15, 0.2) is 0 Å². The summed E-state index contributed by atoms with van der Waals surface area (Å²) in [6.07, 6.45) is 1.14. The quantitative estimate of drug-likeness (QED) is 0.529. The third-order valence-corrected chi connectivity index (χ3v) is 3.23. The molecule has 0 unspecified atom stereocenters. The van der Waals surface area contributed by atoms with Crippen LogP contribution in [0.2, 0.25) is 0 Å². The Morgan fingerprint density at radius 2 is 1.60 bits per heavy atom. The predicted octanol–water partition coefficient (Wildman–Crippen LogP) is 0.992. The minimum absolute atomic E-state index is 0.127. The number of rotatable bonds is 9. The van der Waals surface area contributed by atoms with E-state index in [4.69, 9.17) is 5.11 Å². The number of carbonyl (C=O) groups excluding carboxylic acids is 3. The molecule has 3 amide bonds. The second kappa shape index (κ2) is 10.1. The van der Waals surface area contributed by atoms with Gasteiger partial charge >= 0.3 is 5.97 Å². The summed E-state index contributed by atoms with van der Waals surface area (Å²) < 4.78 is 0. The zero-order valence-corrected chi connectivity index (χ0v) is 14.3. The summed E-state index contributed by atoms with van der Waals surface area (Å²) >= 11 is 0. The zero-order chi connectivity index (χ0) is 18.8. The first-order valence-electron chi connectivity index (χ1n) is 7.94. The number of anilines is 1. The molecule has 8 heteroatoms. The number of hydrogen-bond donors (Lipinski definition) is 4. The van der Waals surface area contributed by atoms with Crippen molar-refractivity contribution in [2.75, 3.05) is 18.4 Å². The van der Waals surface area contributed by atoms with E-state index < -0.39 is 18.4 Å². The molecule has 0 saturated heterocycles.